The minimum atomic E-state index is -0.481. The lowest BCUT2D eigenvalue weighted by Crippen LogP contribution is -2.43. The molecule has 2 aromatic heterocycles. The standard InChI is InChI=1S/C21H26N4O4/c1-21(2,3)28-20(26)25-11-8-14(9-12-25)27-13-18-23-19(29-24-18)16-5-4-6-17-15(16)7-10-22-17/h4-7,10,14,22H,8-9,11-13H2,1-3H3. The first-order chi connectivity index (χ1) is 13.9. The summed E-state index contributed by atoms with van der Waals surface area (Å²) < 4.78 is 16.8. The van der Waals surface area contributed by atoms with E-state index in [9.17, 15) is 4.79 Å². The van der Waals surface area contributed by atoms with E-state index in [1.54, 1.807) is 4.90 Å². The lowest BCUT2D eigenvalue weighted by atomic mass is 10.1. The first kappa shape index (κ1) is 19.4. The van der Waals surface area contributed by atoms with Crippen molar-refractivity contribution in [1.82, 2.24) is 20.0 Å². The molecule has 1 aliphatic heterocycles. The van der Waals surface area contributed by atoms with Gasteiger partial charge in [0.05, 0.1) is 6.10 Å². The molecule has 0 saturated carbocycles. The number of piperidine rings is 1. The average Bonchev–Trinajstić information content (AvgIpc) is 3.34. The monoisotopic (exact) mass is 398 g/mol. The molecule has 0 radical (unpaired) electrons. The van der Waals surface area contributed by atoms with Crippen molar-refractivity contribution in [3.05, 3.63) is 36.3 Å². The highest BCUT2D eigenvalue weighted by Crippen LogP contribution is 2.27. The molecular weight excluding hydrogens is 372 g/mol. The second-order valence-corrected chi connectivity index (χ2v) is 8.24. The molecule has 0 spiro atoms. The maximum absolute atomic E-state index is 12.1. The predicted octanol–water partition coefficient (Wildman–Crippen LogP) is 4.13. The maximum Gasteiger partial charge on any atom is 0.410 e. The predicted molar refractivity (Wildman–Crippen MR) is 107 cm³/mol. The average molecular weight is 398 g/mol. The van der Waals surface area contributed by atoms with Crippen LogP contribution in [-0.4, -0.2) is 50.9 Å². The van der Waals surface area contributed by atoms with E-state index in [0.717, 1.165) is 29.3 Å². The molecule has 1 aliphatic rings. The highest BCUT2D eigenvalue weighted by Gasteiger charge is 2.27. The summed E-state index contributed by atoms with van der Waals surface area (Å²) >= 11 is 0. The summed E-state index contributed by atoms with van der Waals surface area (Å²) in [6.07, 6.45) is 3.19. The fourth-order valence-electron chi connectivity index (χ4n) is 3.42. The number of rotatable bonds is 4. The van der Waals surface area contributed by atoms with Crippen LogP contribution in [0.5, 0.6) is 0 Å². The van der Waals surface area contributed by atoms with Crippen molar-refractivity contribution in [2.75, 3.05) is 13.1 Å². The summed E-state index contributed by atoms with van der Waals surface area (Å²) in [5.74, 6) is 0.996. The second kappa shape index (κ2) is 7.87. The first-order valence-corrected chi connectivity index (χ1v) is 9.88. The topological polar surface area (TPSA) is 93.5 Å². The van der Waals surface area contributed by atoms with Crippen molar-refractivity contribution in [3.63, 3.8) is 0 Å². The number of hydrogen-bond acceptors (Lipinski definition) is 6. The molecule has 1 saturated heterocycles. The highest BCUT2D eigenvalue weighted by molar-refractivity contribution is 5.92. The number of carbonyl (C=O) groups excluding carboxylic acids is 1. The molecule has 1 amide bonds. The Labute approximate surface area is 169 Å². The zero-order chi connectivity index (χ0) is 20.4. The maximum atomic E-state index is 12.1. The molecule has 29 heavy (non-hydrogen) atoms. The number of nitrogens with one attached hydrogen (secondary N) is 1. The summed E-state index contributed by atoms with van der Waals surface area (Å²) in [6, 6.07) is 7.90. The van der Waals surface area contributed by atoms with Gasteiger partial charge in [-0.15, -0.1) is 0 Å². The van der Waals surface area contributed by atoms with E-state index in [4.69, 9.17) is 14.0 Å². The lowest BCUT2D eigenvalue weighted by Gasteiger charge is -2.33. The molecule has 3 aromatic rings. The molecule has 4 rings (SSSR count). The Morgan fingerprint density at radius 1 is 1.28 bits per heavy atom. The molecule has 0 aliphatic carbocycles. The molecular formula is C21H26N4O4. The van der Waals surface area contributed by atoms with E-state index in [1.807, 2.05) is 51.2 Å². The fourth-order valence-corrected chi connectivity index (χ4v) is 3.42. The van der Waals surface area contributed by atoms with Crippen LogP contribution < -0.4 is 0 Å². The van der Waals surface area contributed by atoms with Crippen molar-refractivity contribution in [3.8, 4) is 11.5 Å². The van der Waals surface area contributed by atoms with Gasteiger partial charge in [0, 0.05) is 35.8 Å². The Kier molecular flexibility index (Phi) is 5.27. The number of benzene rings is 1. The van der Waals surface area contributed by atoms with E-state index >= 15 is 0 Å². The number of aromatic amines is 1. The quantitative estimate of drug-likeness (QED) is 0.710. The highest BCUT2D eigenvalue weighted by atomic mass is 16.6. The summed E-state index contributed by atoms with van der Waals surface area (Å²) in [5.41, 5.74) is 1.44. The van der Waals surface area contributed by atoms with Gasteiger partial charge in [-0.3, -0.25) is 0 Å². The second-order valence-electron chi connectivity index (χ2n) is 8.24. The summed E-state index contributed by atoms with van der Waals surface area (Å²) in [7, 11) is 0. The lowest BCUT2D eigenvalue weighted by molar-refractivity contribution is -0.0190. The van der Waals surface area contributed by atoms with Gasteiger partial charge in [0.1, 0.15) is 12.2 Å². The fraction of sp³-hybridized carbons (Fsp3) is 0.476. The first-order valence-electron chi connectivity index (χ1n) is 9.88. The van der Waals surface area contributed by atoms with Gasteiger partial charge in [-0.1, -0.05) is 11.2 Å². The molecule has 0 unspecified atom stereocenters. The van der Waals surface area contributed by atoms with Crippen LogP contribution in [0.15, 0.2) is 35.0 Å². The largest absolute Gasteiger partial charge is 0.444 e. The van der Waals surface area contributed by atoms with Crippen LogP contribution in [0.1, 0.15) is 39.4 Å². The van der Waals surface area contributed by atoms with E-state index < -0.39 is 5.60 Å². The van der Waals surface area contributed by atoms with Crippen LogP contribution in [0.25, 0.3) is 22.4 Å². The smallest absolute Gasteiger partial charge is 0.410 e. The Bertz CT molecular complexity index is 980. The molecule has 1 N–H and O–H groups in total. The molecule has 8 nitrogen and oxygen atoms in total. The van der Waals surface area contributed by atoms with Crippen LogP contribution >= 0.6 is 0 Å². The molecule has 0 bridgehead atoms. The number of H-pyrrole nitrogens is 1. The summed E-state index contributed by atoms with van der Waals surface area (Å²) in [5, 5.41) is 5.09. The van der Waals surface area contributed by atoms with Crippen LogP contribution in [-0.2, 0) is 16.1 Å². The Morgan fingerprint density at radius 3 is 2.83 bits per heavy atom. The minimum Gasteiger partial charge on any atom is -0.444 e. The Hall–Kier alpha value is -2.87. The van der Waals surface area contributed by atoms with Gasteiger partial charge >= 0.3 is 6.09 Å². The van der Waals surface area contributed by atoms with Crippen LogP contribution in [0.3, 0.4) is 0 Å². The number of amides is 1. The third-order valence-electron chi connectivity index (χ3n) is 4.84. The van der Waals surface area contributed by atoms with Gasteiger partial charge in [0.25, 0.3) is 5.89 Å². The van der Waals surface area contributed by atoms with Crippen molar-refractivity contribution >= 4 is 17.0 Å². The minimum absolute atomic E-state index is 0.0590. The van der Waals surface area contributed by atoms with E-state index in [1.165, 1.54) is 0 Å². The van der Waals surface area contributed by atoms with Gasteiger partial charge in [0.2, 0.25) is 0 Å². The number of likely N-dealkylation sites (tertiary alicyclic amines) is 1. The SMILES string of the molecule is CC(C)(C)OC(=O)N1CCC(OCc2noc(-c3cccc4[nH]ccc34)n2)CC1. The molecule has 1 fully saturated rings. The van der Waals surface area contributed by atoms with Gasteiger partial charge in [-0.05, 0) is 51.8 Å². The number of carbonyl (C=O) groups is 1. The molecule has 1 aromatic carbocycles. The van der Waals surface area contributed by atoms with Gasteiger partial charge in [-0.2, -0.15) is 4.98 Å². The van der Waals surface area contributed by atoms with Crippen molar-refractivity contribution < 1.29 is 18.8 Å². The Morgan fingerprint density at radius 2 is 2.07 bits per heavy atom. The third kappa shape index (κ3) is 4.59. The van der Waals surface area contributed by atoms with Crippen molar-refractivity contribution in [2.45, 2.75) is 51.9 Å². The van der Waals surface area contributed by atoms with Crippen molar-refractivity contribution in [1.29, 1.82) is 0 Å². The normalized spacial score (nSPS) is 15.8. The van der Waals surface area contributed by atoms with Crippen molar-refractivity contribution in [2.24, 2.45) is 0 Å². The molecule has 154 valence electrons. The van der Waals surface area contributed by atoms with Gasteiger partial charge in [-0.25, -0.2) is 4.79 Å². The number of ether oxygens (including phenoxy) is 2. The Balaban J connectivity index is 1.30. The number of nitrogens with zero attached hydrogens (tertiary/aromatic N) is 3. The van der Waals surface area contributed by atoms with Crippen LogP contribution in [0.2, 0.25) is 0 Å². The third-order valence-corrected chi connectivity index (χ3v) is 4.84. The van der Waals surface area contributed by atoms with Crippen LogP contribution in [0.4, 0.5) is 4.79 Å². The van der Waals surface area contributed by atoms with E-state index in [0.29, 0.717) is 24.8 Å². The zero-order valence-electron chi connectivity index (χ0n) is 17.0. The van der Waals surface area contributed by atoms with Crippen LogP contribution in [0, 0.1) is 0 Å². The number of fused-ring (bicyclic) bond motifs is 1. The van der Waals surface area contributed by atoms with Gasteiger partial charge < -0.3 is 23.9 Å². The summed E-state index contributed by atoms with van der Waals surface area (Å²) in [6.45, 7) is 7.13. The van der Waals surface area contributed by atoms with E-state index in [-0.39, 0.29) is 18.8 Å². The number of aromatic nitrogens is 3. The van der Waals surface area contributed by atoms with Gasteiger partial charge in [0.15, 0.2) is 5.82 Å². The number of hydrogen-bond donors (Lipinski definition) is 1. The molecule has 3 heterocycles. The summed E-state index contributed by atoms with van der Waals surface area (Å²) in [4.78, 5) is 21.5. The molecule has 0 atom stereocenters. The molecule has 8 heteroatoms. The zero-order valence-corrected chi connectivity index (χ0v) is 17.0. The van der Waals surface area contributed by atoms with E-state index in [2.05, 4.69) is 15.1 Å².